The molecule has 8 heteroatoms. The van der Waals surface area contributed by atoms with Crippen LogP contribution in [-0.2, 0) is 0 Å². The first-order valence-electron chi connectivity index (χ1n) is 8.99. The highest BCUT2D eigenvalue weighted by molar-refractivity contribution is 7.22. The van der Waals surface area contributed by atoms with Gasteiger partial charge in [-0.15, -0.1) is 12.4 Å². The van der Waals surface area contributed by atoms with Crippen LogP contribution in [0, 0.1) is 6.92 Å². The molecule has 0 aliphatic carbocycles. The Morgan fingerprint density at radius 1 is 1.00 bits per heavy atom. The van der Waals surface area contributed by atoms with Crippen molar-refractivity contribution in [2.75, 3.05) is 46.3 Å². The van der Waals surface area contributed by atoms with Crippen LogP contribution in [0.15, 0.2) is 36.4 Å². The van der Waals surface area contributed by atoms with Gasteiger partial charge in [0.15, 0.2) is 5.13 Å². The van der Waals surface area contributed by atoms with E-state index in [-0.39, 0.29) is 18.3 Å². The molecule has 1 heterocycles. The van der Waals surface area contributed by atoms with Crippen LogP contribution < -0.4 is 14.4 Å². The average Bonchev–Trinajstić information content (AvgIpc) is 3.12. The van der Waals surface area contributed by atoms with Crippen molar-refractivity contribution >= 4 is 45.0 Å². The number of rotatable bonds is 7. The molecule has 2 aromatic carbocycles. The molecule has 29 heavy (non-hydrogen) atoms. The van der Waals surface area contributed by atoms with Gasteiger partial charge < -0.3 is 14.4 Å². The van der Waals surface area contributed by atoms with Gasteiger partial charge >= 0.3 is 0 Å². The minimum Gasteiger partial charge on any atom is -0.495 e. The smallest absolute Gasteiger partial charge is 0.260 e. The summed E-state index contributed by atoms with van der Waals surface area (Å²) in [6.07, 6.45) is 0. The number of hydrogen-bond acceptors (Lipinski definition) is 6. The number of likely N-dealkylation sites (N-methyl/N-ethyl adjacent to an activating group) is 1. The number of halogens is 1. The molecule has 1 aromatic heterocycles. The van der Waals surface area contributed by atoms with Crippen molar-refractivity contribution in [3.05, 3.63) is 47.5 Å². The topological polar surface area (TPSA) is 54.9 Å². The van der Waals surface area contributed by atoms with Gasteiger partial charge in [-0.25, -0.2) is 4.98 Å². The Morgan fingerprint density at radius 2 is 1.62 bits per heavy atom. The maximum Gasteiger partial charge on any atom is 0.260 e. The molecule has 0 aliphatic heterocycles. The van der Waals surface area contributed by atoms with E-state index < -0.39 is 0 Å². The van der Waals surface area contributed by atoms with Gasteiger partial charge in [-0.2, -0.15) is 0 Å². The van der Waals surface area contributed by atoms with E-state index in [4.69, 9.17) is 14.5 Å². The van der Waals surface area contributed by atoms with Crippen molar-refractivity contribution in [2.45, 2.75) is 6.92 Å². The van der Waals surface area contributed by atoms with Crippen molar-refractivity contribution in [1.29, 1.82) is 0 Å². The van der Waals surface area contributed by atoms with Crippen LogP contribution in [0.3, 0.4) is 0 Å². The van der Waals surface area contributed by atoms with Crippen LogP contribution in [0.25, 0.3) is 10.2 Å². The highest BCUT2D eigenvalue weighted by Gasteiger charge is 2.23. The quantitative estimate of drug-likeness (QED) is 0.555. The van der Waals surface area contributed by atoms with Crippen LogP contribution in [-0.4, -0.2) is 57.2 Å². The van der Waals surface area contributed by atoms with E-state index in [1.54, 1.807) is 19.1 Å². The molecule has 6 nitrogen and oxygen atoms in total. The molecule has 0 radical (unpaired) electrons. The third kappa shape index (κ3) is 4.98. The van der Waals surface area contributed by atoms with Gasteiger partial charge in [-0.05, 0) is 45.3 Å². The van der Waals surface area contributed by atoms with Gasteiger partial charge in [0.2, 0.25) is 0 Å². The van der Waals surface area contributed by atoms with Crippen LogP contribution in [0.2, 0.25) is 0 Å². The molecular weight excluding hydrogens is 410 g/mol. The summed E-state index contributed by atoms with van der Waals surface area (Å²) in [5.41, 5.74) is 2.46. The van der Waals surface area contributed by atoms with E-state index in [0.29, 0.717) is 28.5 Å². The fourth-order valence-electron chi connectivity index (χ4n) is 2.83. The number of fused-ring (bicyclic) bond motifs is 1. The molecule has 156 valence electrons. The molecule has 0 saturated heterocycles. The number of aryl methyl sites for hydroxylation is 1. The molecule has 0 unspecified atom stereocenters. The zero-order chi connectivity index (χ0) is 20.3. The zero-order valence-electron chi connectivity index (χ0n) is 17.3. The molecule has 0 fully saturated rings. The van der Waals surface area contributed by atoms with E-state index >= 15 is 0 Å². The van der Waals surface area contributed by atoms with Crippen molar-refractivity contribution in [1.82, 2.24) is 9.88 Å². The SMILES string of the molecule is COc1ccc(OC)c2sc(N(CCN(C)C)C(=O)c3ccc(C)cc3)nc12.Cl. The Hall–Kier alpha value is -2.35. The fourth-order valence-corrected chi connectivity index (χ4v) is 3.92. The summed E-state index contributed by atoms with van der Waals surface area (Å²) in [5, 5.41) is 0.630. The predicted octanol–water partition coefficient (Wildman–Crippen LogP) is 4.25. The number of anilines is 1. The molecule has 0 atom stereocenters. The van der Waals surface area contributed by atoms with Crippen LogP contribution in [0.5, 0.6) is 11.5 Å². The summed E-state index contributed by atoms with van der Waals surface area (Å²) in [6, 6.07) is 11.3. The first-order chi connectivity index (χ1) is 13.4. The zero-order valence-corrected chi connectivity index (χ0v) is 18.9. The van der Waals surface area contributed by atoms with Gasteiger partial charge in [0.25, 0.3) is 5.91 Å². The summed E-state index contributed by atoms with van der Waals surface area (Å²) < 4.78 is 11.8. The molecule has 0 aliphatic rings. The molecule has 0 N–H and O–H groups in total. The number of amides is 1. The lowest BCUT2D eigenvalue weighted by molar-refractivity contribution is 0.0985. The number of benzene rings is 2. The number of hydrogen-bond donors (Lipinski definition) is 0. The minimum atomic E-state index is -0.0705. The van der Waals surface area contributed by atoms with Crippen molar-refractivity contribution in [3.8, 4) is 11.5 Å². The Kier molecular flexibility index (Phi) is 7.84. The second-order valence-electron chi connectivity index (χ2n) is 6.77. The predicted molar refractivity (Wildman–Crippen MR) is 121 cm³/mol. The van der Waals surface area contributed by atoms with Gasteiger partial charge in [0, 0.05) is 18.7 Å². The van der Waals surface area contributed by atoms with Crippen molar-refractivity contribution in [2.24, 2.45) is 0 Å². The fraction of sp³-hybridized carbons (Fsp3) is 0.333. The molecule has 3 rings (SSSR count). The van der Waals surface area contributed by atoms with Gasteiger partial charge in [0.05, 0.1) is 14.2 Å². The lowest BCUT2D eigenvalue weighted by atomic mass is 10.1. The minimum absolute atomic E-state index is 0. The van der Waals surface area contributed by atoms with Crippen LogP contribution >= 0.6 is 23.7 Å². The number of aromatic nitrogens is 1. The standard InChI is InChI=1S/C21H25N3O3S.ClH/c1-14-6-8-15(9-7-14)20(25)24(13-12-23(2)3)21-22-18-16(26-4)10-11-17(27-5)19(18)28-21;/h6-11H,12-13H2,1-5H3;1H. The van der Waals surface area contributed by atoms with E-state index in [2.05, 4.69) is 0 Å². The van der Waals surface area contributed by atoms with E-state index in [9.17, 15) is 4.79 Å². The summed E-state index contributed by atoms with van der Waals surface area (Å²) in [7, 11) is 7.21. The lowest BCUT2D eigenvalue weighted by Crippen LogP contribution is -2.36. The monoisotopic (exact) mass is 435 g/mol. The highest BCUT2D eigenvalue weighted by Crippen LogP contribution is 2.40. The van der Waals surface area contributed by atoms with Crippen LogP contribution in [0.1, 0.15) is 15.9 Å². The summed E-state index contributed by atoms with van der Waals surface area (Å²) in [4.78, 5) is 21.8. The molecule has 1 amide bonds. The normalized spacial score (nSPS) is 10.7. The summed E-state index contributed by atoms with van der Waals surface area (Å²) >= 11 is 1.43. The third-order valence-electron chi connectivity index (χ3n) is 4.44. The first-order valence-corrected chi connectivity index (χ1v) is 9.81. The lowest BCUT2D eigenvalue weighted by Gasteiger charge is -2.22. The second-order valence-corrected chi connectivity index (χ2v) is 7.75. The molecular formula is C21H26ClN3O3S. The largest absolute Gasteiger partial charge is 0.495 e. The summed E-state index contributed by atoms with van der Waals surface area (Å²) in [6.45, 7) is 3.26. The molecule has 0 bridgehead atoms. The maximum atomic E-state index is 13.3. The highest BCUT2D eigenvalue weighted by atomic mass is 35.5. The average molecular weight is 436 g/mol. The third-order valence-corrected chi connectivity index (χ3v) is 5.54. The number of nitrogens with zero attached hydrogens (tertiary/aromatic N) is 3. The number of carbonyl (C=O) groups excluding carboxylic acids is 1. The molecule has 0 saturated carbocycles. The van der Waals surface area contributed by atoms with Gasteiger partial charge in [-0.1, -0.05) is 29.0 Å². The van der Waals surface area contributed by atoms with E-state index in [1.165, 1.54) is 11.3 Å². The maximum absolute atomic E-state index is 13.3. The Morgan fingerprint density at radius 3 is 2.21 bits per heavy atom. The second kappa shape index (κ2) is 9.91. The number of ether oxygens (including phenoxy) is 2. The number of thiazole rings is 1. The number of methoxy groups -OCH3 is 2. The molecule has 0 spiro atoms. The number of carbonyl (C=O) groups is 1. The molecule has 3 aromatic rings. The van der Waals surface area contributed by atoms with Gasteiger partial charge in [-0.3, -0.25) is 9.69 Å². The Labute approximate surface area is 181 Å². The Bertz CT molecular complexity index is 932. The van der Waals surface area contributed by atoms with E-state index in [0.717, 1.165) is 22.6 Å². The van der Waals surface area contributed by atoms with Crippen LogP contribution in [0.4, 0.5) is 5.13 Å². The first kappa shape index (κ1) is 22.9. The summed E-state index contributed by atoms with van der Waals surface area (Å²) in [5.74, 6) is 1.31. The van der Waals surface area contributed by atoms with Gasteiger partial charge in [0.1, 0.15) is 21.7 Å². The van der Waals surface area contributed by atoms with Crippen molar-refractivity contribution < 1.29 is 14.3 Å². The van der Waals surface area contributed by atoms with E-state index in [1.807, 2.05) is 62.3 Å². The van der Waals surface area contributed by atoms with Crippen molar-refractivity contribution in [3.63, 3.8) is 0 Å². The Balaban J connectivity index is 0.00000300.